The summed E-state index contributed by atoms with van der Waals surface area (Å²) in [7, 11) is 0. The molecule has 14 heavy (non-hydrogen) atoms. The fraction of sp³-hybridized carbons (Fsp3) is 0.556. The summed E-state index contributed by atoms with van der Waals surface area (Å²) >= 11 is 0. The predicted octanol–water partition coefficient (Wildman–Crippen LogP) is -0.858. The van der Waals surface area contributed by atoms with Gasteiger partial charge in [-0.2, -0.15) is 0 Å². The van der Waals surface area contributed by atoms with Gasteiger partial charge in [-0.25, -0.2) is 0 Å². The van der Waals surface area contributed by atoms with Gasteiger partial charge in [0.1, 0.15) is 0 Å². The van der Waals surface area contributed by atoms with E-state index >= 15 is 0 Å². The second-order valence-electron chi connectivity index (χ2n) is 2.80. The van der Waals surface area contributed by atoms with Crippen LogP contribution in [0.25, 0.3) is 0 Å². The largest absolute Gasteiger partial charge is 0.353 e. The molecule has 0 fully saturated rings. The maximum Gasteiger partial charge on any atom is 0.243 e. The minimum absolute atomic E-state index is 0.194. The number of hydrogen-bond acceptors (Lipinski definition) is 3. The van der Waals surface area contributed by atoms with Gasteiger partial charge in [0.2, 0.25) is 11.8 Å². The van der Waals surface area contributed by atoms with Gasteiger partial charge in [0.05, 0.1) is 6.04 Å². The first-order valence-electron chi connectivity index (χ1n) is 4.55. The van der Waals surface area contributed by atoms with Crippen molar-refractivity contribution in [2.75, 3.05) is 13.1 Å². The molecule has 2 amide bonds. The molecule has 0 heterocycles. The summed E-state index contributed by atoms with van der Waals surface area (Å²) in [5.74, 6) is -0.445. The summed E-state index contributed by atoms with van der Waals surface area (Å²) in [6.07, 6.45) is 1.78. The van der Waals surface area contributed by atoms with Crippen molar-refractivity contribution in [1.29, 1.82) is 0 Å². The van der Waals surface area contributed by atoms with Crippen molar-refractivity contribution in [2.45, 2.75) is 19.4 Å². The van der Waals surface area contributed by atoms with Gasteiger partial charge in [0, 0.05) is 13.1 Å². The third-order valence-corrected chi connectivity index (χ3v) is 1.69. The van der Waals surface area contributed by atoms with Crippen LogP contribution >= 0.6 is 0 Å². The lowest BCUT2D eigenvalue weighted by molar-refractivity contribution is -0.122. The molecule has 0 saturated carbocycles. The van der Waals surface area contributed by atoms with Crippen LogP contribution in [0.2, 0.25) is 0 Å². The summed E-state index contributed by atoms with van der Waals surface area (Å²) in [5.41, 5.74) is 5.47. The van der Waals surface area contributed by atoms with Crippen LogP contribution in [0.4, 0.5) is 0 Å². The van der Waals surface area contributed by atoms with E-state index in [9.17, 15) is 9.59 Å². The fourth-order valence-electron chi connectivity index (χ4n) is 0.760. The van der Waals surface area contributed by atoms with Crippen molar-refractivity contribution in [3.63, 3.8) is 0 Å². The van der Waals surface area contributed by atoms with E-state index < -0.39 is 6.04 Å². The summed E-state index contributed by atoms with van der Waals surface area (Å²) in [6.45, 7) is 5.90. The van der Waals surface area contributed by atoms with E-state index in [1.165, 1.54) is 6.08 Å². The molecule has 80 valence electrons. The Morgan fingerprint density at radius 2 is 2.00 bits per heavy atom. The highest BCUT2D eigenvalue weighted by molar-refractivity contribution is 5.86. The first kappa shape index (κ1) is 12.6. The Hall–Kier alpha value is -1.36. The third kappa shape index (κ3) is 5.31. The Morgan fingerprint density at radius 3 is 2.50 bits per heavy atom. The summed E-state index contributed by atoms with van der Waals surface area (Å²) in [5, 5.41) is 5.13. The van der Waals surface area contributed by atoms with Crippen molar-refractivity contribution >= 4 is 11.8 Å². The monoisotopic (exact) mass is 199 g/mol. The van der Waals surface area contributed by atoms with E-state index in [1.807, 2.05) is 6.92 Å². The molecule has 4 N–H and O–H groups in total. The smallest absolute Gasteiger partial charge is 0.243 e. The van der Waals surface area contributed by atoms with Gasteiger partial charge in [0.25, 0.3) is 0 Å². The molecular formula is C9H17N3O2. The highest BCUT2D eigenvalue weighted by Crippen LogP contribution is 1.84. The van der Waals surface area contributed by atoms with Gasteiger partial charge in [-0.1, -0.05) is 13.5 Å². The molecule has 0 radical (unpaired) electrons. The zero-order chi connectivity index (χ0) is 11.0. The first-order chi connectivity index (χ1) is 6.61. The van der Waals surface area contributed by atoms with Crippen molar-refractivity contribution in [2.24, 2.45) is 5.73 Å². The average Bonchev–Trinajstić information content (AvgIpc) is 2.22. The SMILES string of the molecule is C=CC(=O)NCCNC(=O)C(N)CC. The summed E-state index contributed by atoms with van der Waals surface area (Å²) in [6, 6.07) is -0.467. The highest BCUT2D eigenvalue weighted by Gasteiger charge is 2.08. The van der Waals surface area contributed by atoms with Crippen LogP contribution in [-0.2, 0) is 9.59 Å². The van der Waals surface area contributed by atoms with Gasteiger partial charge in [-0.15, -0.1) is 0 Å². The molecule has 5 heteroatoms. The normalized spacial score (nSPS) is 11.6. The molecule has 1 unspecified atom stereocenters. The second kappa shape index (κ2) is 7.08. The van der Waals surface area contributed by atoms with Gasteiger partial charge in [-0.3, -0.25) is 9.59 Å². The average molecular weight is 199 g/mol. The molecule has 0 aromatic rings. The van der Waals surface area contributed by atoms with Crippen molar-refractivity contribution in [1.82, 2.24) is 10.6 Å². The standard InChI is InChI=1S/C9H17N3O2/c1-3-7(10)9(14)12-6-5-11-8(13)4-2/h4,7H,2-3,5-6,10H2,1H3,(H,11,13)(H,12,14). The van der Waals surface area contributed by atoms with Crippen LogP contribution in [0.1, 0.15) is 13.3 Å². The number of nitrogens with one attached hydrogen (secondary N) is 2. The van der Waals surface area contributed by atoms with Crippen LogP contribution in [0.5, 0.6) is 0 Å². The lowest BCUT2D eigenvalue weighted by Crippen LogP contribution is -2.43. The van der Waals surface area contributed by atoms with Crippen LogP contribution < -0.4 is 16.4 Å². The third-order valence-electron chi connectivity index (χ3n) is 1.69. The molecule has 0 aliphatic heterocycles. The Bertz CT molecular complexity index is 216. The quantitative estimate of drug-likeness (QED) is 0.384. The van der Waals surface area contributed by atoms with Gasteiger partial charge < -0.3 is 16.4 Å². The van der Waals surface area contributed by atoms with E-state index in [4.69, 9.17) is 5.73 Å². The number of rotatable bonds is 6. The molecule has 0 aliphatic rings. The number of carbonyl (C=O) groups is 2. The van der Waals surface area contributed by atoms with Crippen LogP contribution in [-0.4, -0.2) is 30.9 Å². The number of nitrogens with two attached hydrogens (primary N) is 1. The topological polar surface area (TPSA) is 84.2 Å². The lowest BCUT2D eigenvalue weighted by Gasteiger charge is -2.09. The maximum atomic E-state index is 11.1. The molecule has 0 aromatic carbocycles. The van der Waals surface area contributed by atoms with E-state index in [1.54, 1.807) is 0 Å². The molecule has 0 bridgehead atoms. The van der Waals surface area contributed by atoms with Crippen LogP contribution in [0.3, 0.4) is 0 Å². The van der Waals surface area contributed by atoms with Crippen LogP contribution in [0.15, 0.2) is 12.7 Å². The summed E-state index contributed by atoms with van der Waals surface area (Å²) in [4.78, 5) is 21.8. The summed E-state index contributed by atoms with van der Waals surface area (Å²) < 4.78 is 0. The Morgan fingerprint density at radius 1 is 1.43 bits per heavy atom. The first-order valence-corrected chi connectivity index (χ1v) is 4.55. The molecule has 5 nitrogen and oxygen atoms in total. The van der Waals surface area contributed by atoms with Crippen molar-refractivity contribution < 1.29 is 9.59 Å². The highest BCUT2D eigenvalue weighted by atomic mass is 16.2. The van der Waals surface area contributed by atoms with E-state index in [-0.39, 0.29) is 11.8 Å². The number of carbonyl (C=O) groups excluding carboxylic acids is 2. The zero-order valence-electron chi connectivity index (χ0n) is 8.38. The molecular weight excluding hydrogens is 182 g/mol. The lowest BCUT2D eigenvalue weighted by atomic mass is 10.2. The Kier molecular flexibility index (Phi) is 6.39. The van der Waals surface area contributed by atoms with E-state index in [2.05, 4.69) is 17.2 Å². The maximum absolute atomic E-state index is 11.1. The predicted molar refractivity (Wildman–Crippen MR) is 54.5 cm³/mol. The fourth-order valence-corrected chi connectivity index (χ4v) is 0.760. The van der Waals surface area contributed by atoms with E-state index in [0.29, 0.717) is 19.5 Å². The van der Waals surface area contributed by atoms with E-state index in [0.717, 1.165) is 0 Å². The Balaban J connectivity index is 3.50. The minimum atomic E-state index is -0.467. The molecule has 0 rings (SSSR count). The van der Waals surface area contributed by atoms with Gasteiger partial charge in [-0.05, 0) is 12.5 Å². The van der Waals surface area contributed by atoms with Gasteiger partial charge >= 0.3 is 0 Å². The van der Waals surface area contributed by atoms with Crippen LogP contribution in [0, 0.1) is 0 Å². The molecule has 0 saturated heterocycles. The minimum Gasteiger partial charge on any atom is -0.353 e. The second-order valence-corrected chi connectivity index (χ2v) is 2.80. The molecule has 0 aromatic heterocycles. The molecule has 0 spiro atoms. The zero-order valence-corrected chi connectivity index (χ0v) is 8.38. The molecule has 1 atom stereocenters. The Labute approximate surface area is 83.7 Å². The number of hydrogen-bond donors (Lipinski definition) is 3. The molecule has 0 aliphatic carbocycles. The van der Waals surface area contributed by atoms with Gasteiger partial charge in [0.15, 0.2) is 0 Å². The van der Waals surface area contributed by atoms with Crippen molar-refractivity contribution in [3.8, 4) is 0 Å². The number of amides is 2. The van der Waals surface area contributed by atoms with Crippen molar-refractivity contribution in [3.05, 3.63) is 12.7 Å².